The molecule has 8 heteroatoms. The van der Waals surface area contributed by atoms with Crippen molar-refractivity contribution in [2.24, 2.45) is 0 Å². The molecule has 0 saturated carbocycles. The van der Waals surface area contributed by atoms with E-state index >= 15 is 0 Å². The van der Waals surface area contributed by atoms with Crippen LogP contribution in [0, 0.1) is 10.5 Å². The molecule has 0 aliphatic carbocycles. The number of benzene rings is 1. The first-order valence-corrected chi connectivity index (χ1v) is 10.4. The van der Waals surface area contributed by atoms with Gasteiger partial charge < -0.3 is 0 Å². The predicted octanol–water partition coefficient (Wildman–Crippen LogP) is 5.06. The SMILES string of the molecule is Cc1cccc(C(=O)Nc2nnc(SCc3cccs3)s2)c1I. The average Bonchev–Trinajstić information content (AvgIpc) is 3.19. The lowest BCUT2D eigenvalue weighted by Gasteiger charge is -2.05. The van der Waals surface area contributed by atoms with E-state index in [1.807, 2.05) is 31.2 Å². The number of thioether (sulfide) groups is 1. The second-order valence-corrected chi connectivity index (χ2v) is 8.94. The summed E-state index contributed by atoms with van der Waals surface area (Å²) in [5, 5.41) is 13.6. The van der Waals surface area contributed by atoms with Gasteiger partial charge in [-0.15, -0.1) is 21.5 Å². The number of carbonyl (C=O) groups is 1. The molecular weight excluding hydrogens is 461 g/mol. The number of hydrogen-bond acceptors (Lipinski definition) is 6. The van der Waals surface area contributed by atoms with Crippen molar-refractivity contribution in [3.63, 3.8) is 0 Å². The summed E-state index contributed by atoms with van der Waals surface area (Å²) in [4.78, 5) is 13.7. The van der Waals surface area contributed by atoms with Crippen molar-refractivity contribution in [2.45, 2.75) is 17.0 Å². The van der Waals surface area contributed by atoms with Crippen LogP contribution in [-0.2, 0) is 5.75 Å². The molecule has 0 bridgehead atoms. The standard InChI is InChI=1S/C15H12IN3OS3/c1-9-4-2-6-11(12(9)16)13(20)17-14-18-19-15(23-14)22-8-10-5-3-7-21-10/h2-7H,8H2,1H3,(H,17,18,20). The Morgan fingerprint density at radius 2 is 2.17 bits per heavy atom. The second kappa shape index (κ2) is 7.73. The summed E-state index contributed by atoms with van der Waals surface area (Å²) < 4.78 is 1.81. The molecule has 4 nitrogen and oxygen atoms in total. The number of aromatic nitrogens is 2. The Morgan fingerprint density at radius 3 is 2.96 bits per heavy atom. The van der Waals surface area contributed by atoms with Crippen LogP contribution in [0.3, 0.4) is 0 Å². The Labute approximate surface area is 159 Å². The molecule has 1 amide bonds. The van der Waals surface area contributed by atoms with Crippen LogP contribution >= 0.6 is 57.0 Å². The highest BCUT2D eigenvalue weighted by Gasteiger charge is 2.14. The molecule has 1 N–H and O–H groups in total. The molecular formula is C15H12IN3OS3. The Morgan fingerprint density at radius 1 is 1.30 bits per heavy atom. The molecule has 1 aromatic carbocycles. The zero-order valence-corrected chi connectivity index (χ0v) is 16.7. The van der Waals surface area contributed by atoms with Crippen LogP contribution in [0.1, 0.15) is 20.8 Å². The summed E-state index contributed by atoms with van der Waals surface area (Å²) in [5.74, 6) is 0.722. The first-order valence-electron chi connectivity index (χ1n) is 6.68. The maximum atomic E-state index is 12.4. The molecule has 0 saturated heterocycles. The summed E-state index contributed by atoms with van der Waals surface area (Å²) in [6.45, 7) is 1.99. The number of nitrogens with one attached hydrogen (secondary N) is 1. The Bertz CT molecular complexity index is 817. The monoisotopic (exact) mass is 473 g/mol. The van der Waals surface area contributed by atoms with E-state index in [2.05, 4.69) is 49.6 Å². The lowest BCUT2D eigenvalue weighted by Crippen LogP contribution is -2.13. The van der Waals surface area contributed by atoms with Gasteiger partial charge in [0, 0.05) is 14.2 Å². The normalized spacial score (nSPS) is 10.7. The summed E-state index contributed by atoms with van der Waals surface area (Å²) in [5.41, 5.74) is 1.75. The number of nitrogens with zero attached hydrogens (tertiary/aromatic N) is 2. The summed E-state index contributed by atoms with van der Waals surface area (Å²) in [6.07, 6.45) is 0. The van der Waals surface area contributed by atoms with Crippen LogP contribution in [0.4, 0.5) is 5.13 Å². The molecule has 23 heavy (non-hydrogen) atoms. The number of anilines is 1. The van der Waals surface area contributed by atoms with Crippen LogP contribution < -0.4 is 5.32 Å². The van der Waals surface area contributed by atoms with Crippen molar-refractivity contribution in [2.75, 3.05) is 5.32 Å². The molecule has 3 rings (SSSR count). The van der Waals surface area contributed by atoms with Gasteiger partial charge in [-0.2, -0.15) is 0 Å². The molecule has 0 unspecified atom stereocenters. The van der Waals surface area contributed by atoms with Gasteiger partial charge in [-0.25, -0.2) is 0 Å². The highest BCUT2D eigenvalue weighted by molar-refractivity contribution is 14.1. The van der Waals surface area contributed by atoms with Gasteiger partial charge in [0.1, 0.15) is 0 Å². The highest BCUT2D eigenvalue weighted by atomic mass is 127. The molecule has 2 aromatic heterocycles. The van der Waals surface area contributed by atoms with Gasteiger partial charge in [0.25, 0.3) is 5.91 Å². The van der Waals surface area contributed by atoms with Crippen LogP contribution in [-0.4, -0.2) is 16.1 Å². The van der Waals surface area contributed by atoms with Gasteiger partial charge in [0.2, 0.25) is 5.13 Å². The lowest BCUT2D eigenvalue weighted by molar-refractivity contribution is 0.102. The number of aryl methyl sites for hydroxylation is 1. The number of halogens is 1. The zero-order valence-electron chi connectivity index (χ0n) is 12.1. The van der Waals surface area contributed by atoms with E-state index in [-0.39, 0.29) is 5.91 Å². The van der Waals surface area contributed by atoms with Crippen molar-refractivity contribution in [3.8, 4) is 0 Å². The van der Waals surface area contributed by atoms with E-state index in [9.17, 15) is 4.79 Å². The molecule has 0 aliphatic heterocycles. The van der Waals surface area contributed by atoms with Gasteiger partial charge in [0.05, 0.1) is 5.56 Å². The van der Waals surface area contributed by atoms with Crippen LogP contribution in [0.15, 0.2) is 40.1 Å². The quantitative estimate of drug-likeness (QED) is 0.320. The topological polar surface area (TPSA) is 54.9 Å². The van der Waals surface area contributed by atoms with E-state index in [1.165, 1.54) is 16.2 Å². The second-order valence-electron chi connectivity index (χ2n) is 4.63. The molecule has 3 aromatic rings. The van der Waals surface area contributed by atoms with E-state index in [4.69, 9.17) is 0 Å². The third kappa shape index (κ3) is 4.31. The number of thiophene rings is 1. The minimum absolute atomic E-state index is 0.149. The van der Waals surface area contributed by atoms with E-state index < -0.39 is 0 Å². The first kappa shape index (κ1) is 16.9. The van der Waals surface area contributed by atoms with Gasteiger partial charge in [-0.05, 0) is 52.6 Å². The maximum absolute atomic E-state index is 12.4. The molecule has 0 aliphatic rings. The van der Waals surface area contributed by atoms with Crippen molar-refractivity contribution in [3.05, 3.63) is 55.3 Å². The minimum atomic E-state index is -0.149. The predicted molar refractivity (Wildman–Crippen MR) is 106 cm³/mol. The molecule has 118 valence electrons. The molecule has 0 fully saturated rings. The van der Waals surface area contributed by atoms with Gasteiger partial charge >= 0.3 is 0 Å². The van der Waals surface area contributed by atoms with Crippen molar-refractivity contribution in [1.29, 1.82) is 0 Å². The maximum Gasteiger partial charge on any atom is 0.258 e. The number of carbonyl (C=O) groups excluding carboxylic acids is 1. The zero-order chi connectivity index (χ0) is 16.2. The van der Waals surface area contributed by atoms with Crippen molar-refractivity contribution >= 4 is 68.1 Å². The summed E-state index contributed by atoms with van der Waals surface area (Å²) in [7, 11) is 0. The van der Waals surface area contributed by atoms with Crippen LogP contribution in [0.5, 0.6) is 0 Å². The Hall–Kier alpha value is -0.970. The van der Waals surface area contributed by atoms with Gasteiger partial charge in [0.15, 0.2) is 4.34 Å². The molecule has 2 heterocycles. The summed E-state index contributed by atoms with van der Waals surface area (Å²) >= 11 is 6.94. The van der Waals surface area contributed by atoms with Gasteiger partial charge in [-0.1, -0.05) is 41.3 Å². The third-order valence-electron chi connectivity index (χ3n) is 2.98. The van der Waals surface area contributed by atoms with Crippen molar-refractivity contribution in [1.82, 2.24) is 10.2 Å². The minimum Gasteiger partial charge on any atom is -0.296 e. The lowest BCUT2D eigenvalue weighted by atomic mass is 10.1. The highest BCUT2D eigenvalue weighted by Crippen LogP contribution is 2.30. The van der Waals surface area contributed by atoms with Crippen molar-refractivity contribution < 1.29 is 4.79 Å². The Balaban J connectivity index is 1.64. The van der Waals surface area contributed by atoms with Gasteiger partial charge in [-0.3, -0.25) is 10.1 Å². The Kier molecular flexibility index (Phi) is 5.67. The number of amides is 1. The molecule has 0 radical (unpaired) electrons. The van der Waals surface area contributed by atoms with E-state index in [0.29, 0.717) is 10.7 Å². The fraction of sp³-hybridized carbons (Fsp3) is 0.133. The fourth-order valence-corrected chi connectivity index (χ4v) is 4.96. The number of rotatable bonds is 5. The smallest absolute Gasteiger partial charge is 0.258 e. The number of hydrogen-bond donors (Lipinski definition) is 1. The van der Waals surface area contributed by atoms with Crippen LogP contribution in [0.2, 0.25) is 0 Å². The van der Waals surface area contributed by atoms with E-state index in [0.717, 1.165) is 19.2 Å². The van der Waals surface area contributed by atoms with E-state index in [1.54, 1.807) is 23.1 Å². The average molecular weight is 473 g/mol. The first-order chi connectivity index (χ1) is 11.1. The fourth-order valence-electron chi connectivity index (χ4n) is 1.83. The van der Waals surface area contributed by atoms with Crippen LogP contribution in [0.25, 0.3) is 0 Å². The summed E-state index contributed by atoms with van der Waals surface area (Å²) in [6, 6.07) is 9.83. The molecule has 0 spiro atoms. The third-order valence-corrected chi connectivity index (χ3v) is 7.49. The largest absolute Gasteiger partial charge is 0.296 e. The molecule has 0 atom stereocenters.